The molecule has 7 heteroatoms. The summed E-state index contributed by atoms with van der Waals surface area (Å²) >= 11 is 0. The summed E-state index contributed by atoms with van der Waals surface area (Å²) in [5, 5.41) is 19.6. The number of pyridine rings is 3. The van der Waals surface area contributed by atoms with Crippen LogP contribution in [0.4, 0.5) is 5.69 Å². The SMILES string of the molecule is Cc1cc(C)c(C)nc1C.Cc1nc(C)c(C)c(C#N)c1C.Cc1nc(C)c(C)c([N+](=O)[O-])c1C. The van der Waals surface area contributed by atoms with Crippen molar-refractivity contribution in [3.05, 3.63) is 89.3 Å². The fourth-order valence-electron chi connectivity index (χ4n) is 3.51. The standard InChI is InChI=1S/C10H12N2.C9H12N2O2.C9H13N/c1-6-8(3)12-9(4)7(2)10(6)5-11;1-5-7(3)10-8(4)6(2)9(5)11(12)13;1-6-5-7(2)9(4)10-8(6)3/h1-4H3;1-4H3;5H,1-4H3. The van der Waals surface area contributed by atoms with Crippen molar-refractivity contribution < 1.29 is 4.92 Å². The second-order valence-electron chi connectivity index (χ2n) is 8.95. The maximum atomic E-state index is 10.7. The highest BCUT2D eigenvalue weighted by Crippen LogP contribution is 2.26. The van der Waals surface area contributed by atoms with Gasteiger partial charge in [-0.3, -0.25) is 25.1 Å². The molecule has 7 nitrogen and oxygen atoms in total. The summed E-state index contributed by atoms with van der Waals surface area (Å²) in [5.74, 6) is 0. The van der Waals surface area contributed by atoms with Crippen LogP contribution in [0.25, 0.3) is 0 Å². The number of nitriles is 1. The molecule has 186 valence electrons. The molecule has 0 unspecified atom stereocenters. The Hall–Kier alpha value is -3.66. The van der Waals surface area contributed by atoms with Gasteiger partial charge in [0.05, 0.1) is 16.6 Å². The lowest BCUT2D eigenvalue weighted by molar-refractivity contribution is -0.386. The van der Waals surface area contributed by atoms with Gasteiger partial charge in [0.25, 0.3) is 5.69 Å². The summed E-state index contributed by atoms with van der Waals surface area (Å²) in [5.41, 5.74) is 12.5. The molecule has 0 spiro atoms. The van der Waals surface area contributed by atoms with E-state index in [1.165, 1.54) is 11.1 Å². The van der Waals surface area contributed by atoms with Gasteiger partial charge in [0.15, 0.2) is 0 Å². The summed E-state index contributed by atoms with van der Waals surface area (Å²) in [6.45, 7) is 23.0. The number of rotatable bonds is 1. The summed E-state index contributed by atoms with van der Waals surface area (Å²) in [6.07, 6.45) is 0. The van der Waals surface area contributed by atoms with Crippen molar-refractivity contribution in [2.45, 2.75) is 83.1 Å². The first kappa shape index (κ1) is 29.4. The summed E-state index contributed by atoms with van der Waals surface area (Å²) in [6, 6.07) is 4.38. The molecule has 0 amide bonds. The fraction of sp³-hybridized carbons (Fsp3) is 0.429. The molecule has 3 aromatic rings. The molecule has 0 atom stereocenters. The summed E-state index contributed by atoms with van der Waals surface area (Å²) < 4.78 is 0. The monoisotopic (exact) mass is 475 g/mol. The van der Waals surface area contributed by atoms with Gasteiger partial charge in [0.2, 0.25) is 0 Å². The lowest BCUT2D eigenvalue weighted by Crippen LogP contribution is -2.02. The summed E-state index contributed by atoms with van der Waals surface area (Å²) in [7, 11) is 0. The van der Waals surface area contributed by atoms with E-state index in [0.29, 0.717) is 11.1 Å². The Morgan fingerprint density at radius 3 is 1.23 bits per heavy atom. The number of aryl methyl sites for hydroxylation is 8. The molecule has 35 heavy (non-hydrogen) atoms. The van der Waals surface area contributed by atoms with E-state index in [2.05, 4.69) is 40.9 Å². The largest absolute Gasteiger partial charge is 0.278 e. The van der Waals surface area contributed by atoms with Crippen LogP contribution in [0, 0.1) is 105 Å². The first-order valence-electron chi connectivity index (χ1n) is 11.5. The molecule has 0 aliphatic heterocycles. The van der Waals surface area contributed by atoms with Crippen LogP contribution >= 0.6 is 0 Å². The molecule has 0 bridgehead atoms. The van der Waals surface area contributed by atoms with Gasteiger partial charge in [-0.15, -0.1) is 0 Å². The normalized spacial score (nSPS) is 9.91. The maximum absolute atomic E-state index is 10.7. The predicted molar refractivity (Wildman–Crippen MR) is 141 cm³/mol. The maximum Gasteiger partial charge on any atom is 0.278 e. The highest BCUT2D eigenvalue weighted by atomic mass is 16.6. The minimum atomic E-state index is -0.341. The Balaban J connectivity index is 0.000000265. The van der Waals surface area contributed by atoms with Crippen LogP contribution in [0.15, 0.2) is 6.07 Å². The highest BCUT2D eigenvalue weighted by molar-refractivity contribution is 5.50. The lowest BCUT2D eigenvalue weighted by Gasteiger charge is -2.07. The van der Waals surface area contributed by atoms with Crippen LogP contribution in [-0.2, 0) is 0 Å². The van der Waals surface area contributed by atoms with Crippen molar-refractivity contribution in [3.8, 4) is 6.07 Å². The van der Waals surface area contributed by atoms with Gasteiger partial charge in [0.1, 0.15) is 0 Å². The zero-order valence-electron chi connectivity index (χ0n) is 23.1. The third kappa shape index (κ3) is 7.16. The van der Waals surface area contributed by atoms with Gasteiger partial charge in [-0.25, -0.2) is 0 Å². The average Bonchev–Trinajstić information content (AvgIpc) is 2.76. The summed E-state index contributed by atoms with van der Waals surface area (Å²) in [4.78, 5) is 23.3. The number of hydrogen-bond donors (Lipinski definition) is 0. The van der Waals surface area contributed by atoms with E-state index in [4.69, 9.17) is 5.26 Å². The van der Waals surface area contributed by atoms with Crippen LogP contribution in [0.2, 0.25) is 0 Å². The third-order valence-electron chi connectivity index (χ3n) is 6.51. The van der Waals surface area contributed by atoms with Gasteiger partial charge < -0.3 is 0 Å². The van der Waals surface area contributed by atoms with Crippen LogP contribution in [0.1, 0.15) is 73.1 Å². The van der Waals surface area contributed by atoms with E-state index in [9.17, 15) is 10.1 Å². The molecule has 0 saturated heterocycles. The highest BCUT2D eigenvalue weighted by Gasteiger charge is 2.19. The first-order valence-corrected chi connectivity index (χ1v) is 11.5. The third-order valence-corrected chi connectivity index (χ3v) is 6.51. The lowest BCUT2D eigenvalue weighted by atomic mass is 10.0. The minimum absolute atomic E-state index is 0.199. The molecule has 0 aromatic carbocycles. The minimum Gasteiger partial charge on any atom is -0.258 e. The molecule has 3 aromatic heterocycles. The van der Waals surface area contributed by atoms with Crippen molar-refractivity contribution in [1.82, 2.24) is 15.0 Å². The molecule has 0 radical (unpaired) electrons. The number of nitro groups is 1. The predicted octanol–water partition coefficient (Wildman–Crippen LogP) is 6.73. The molecule has 0 aliphatic rings. The van der Waals surface area contributed by atoms with E-state index in [1.54, 1.807) is 27.7 Å². The van der Waals surface area contributed by atoms with E-state index in [1.807, 2.05) is 41.5 Å². The number of aromatic nitrogens is 3. The van der Waals surface area contributed by atoms with Crippen LogP contribution in [0.3, 0.4) is 0 Å². The molecule has 0 fully saturated rings. The molecule has 0 aliphatic carbocycles. The van der Waals surface area contributed by atoms with Gasteiger partial charge in [-0.2, -0.15) is 5.26 Å². The van der Waals surface area contributed by atoms with Crippen molar-refractivity contribution in [1.29, 1.82) is 5.26 Å². The van der Waals surface area contributed by atoms with Crippen molar-refractivity contribution in [2.75, 3.05) is 0 Å². The molecule has 0 N–H and O–H groups in total. The molecule has 3 heterocycles. The van der Waals surface area contributed by atoms with E-state index >= 15 is 0 Å². The van der Waals surface area contributed by atoms with Gasteiger partial charge in [-0.05, 0) is 105 Å². The number of nitrogens with zero attached hydrogens (tertiary/aromatic N) is 5. The van der Waals surface area contributed by atoms with Crippen LogP contribution in [0.5, 0.6) is 0 Å². The first-order chi connectivity index (χ1) is 16.1. The Kier molecular flexibility index (Phi) is 10.2. The van der Waals surface area contributed by atoms with Crippen LogP contribution < -0.4 is 0 Å². The molecule has 0 saturated carbocycles. The topological polar surface area (TPSA) is 106 Å². The molecule has 3 rings (SSSR count). The van der Waals surface area contributed by atoms with Gasteiger partial charge >= 0.3 is 0 Å². The Morgan fingerprint density at radius 1 is 0.629 bits per heavy atom. The second-order valence-corrected chi connectivity index (χ2v) is 8.95. The smallest absolute Gasteiger partial charge is 0.258 e. The average molecular weight is 476 g/mol. The Labute approximate surface area is 209 Å². The van der Waals surface area contributed by atoms with Crippen molar-refractivity contribution in [3.63, 3.8) is 0 Å². The van der Waals surface area contributed by atoms with Crippen LogP contribution in [-0.4, -0.2) is 19.9 Å². The fourth-order valence-corrected chi connectivity index (χ4v) is 3.51. The Morgan fingerprint density at radius 2 is 0.943 bits per heavy atom. The van der Waals surface area contributed by atoms with E-state index in [-0.39, 0.29) is 10.6 Å². The molecular formula is C28H37N5O2. The molecular weight excluding hydrogens is 438 g/mol. The van der Waals surface area contributed by atoms with Crippen molar-refractivity contribution in [2.24, 2.45) is 0 Å². The van der Waals surface area contributed by atoms with E-state index in [0.717, 1.165) is 50.9 Å². The zero-order valence-corrected chi connectivity index (χ0v) is 23.1. The zero-order chi connectivity index (χ0) is 27.2. The number of hydrogen-bond acceptors (Lipinski definition) is 6. The second kappa shape index (κ2) is 12.2. The van der Waals surface area contributed by atoms with Gasteiger partial charge in [-0.1, -0.05) is 6.07 Å². The quantitative estimate of drug-likeness (QED) is 0.285. The van der Waals surface area contributed by atoms with Crippen molar-refractivity contribution >= 4 is 5.69 Å². The van der Waals surface area contributed by atoms with E-state index < -0.39 is 0 Å². The van der Waals surface area contributed by atoms with Gasteiger partial charge in [0, 0.05) is 45.3 Å². The Bertz CT molecular complexity index is 1200.